The number of benzene rings is 2. The molecular formula is C26H26N2O5S. The van der Waals surface area contributed by atoms with E-state index >= 15 is 0 Å². The maximum absolute atomic E-state index is 13.1. The monoisotopic (exact) mass is 478 g/mol. The molecule has 2 unspecified atom stereocenters. The lowest BCUT2D eigenvalue weighted by molar-refractivity contribution is -0.143. The van der Waals surface area contributed by atoms with Crippen molar-refractivity contribution in [3.05, 3.63) is 82.0 Å². The fourth-order valence-electron chi connectivity index (χ4n) is 4.27. The maximum atomic E-state index is 13.1. The van der Waals surface area contributed by atoms with Crippen molar-refractivity contribution in [2.75, 3.05) is 20.2 Å². The first-order valence-electron chi connectivity index (χ1n) is 11.0. The van der Waals surface area contributed by atoms with Gasteiger partial charge in [-0.1, -0.05) is 61.5 Å². The fraction of sp³-hybridized carbons (Fsp3) is 0.269. The number of carboxylic acids is 1. The van der Waals surface area contributed by atoms with E-state index in [0.717, 1.165) is 22.3 Å². The minimum atomic E-state index is -0.989. The molecule has 0 fully saturated rings. The number of rotatable bonds is 8. The van der Waals surface area contributed by atoms with Crippen LogP contribution < -0.4 is 5.32 Å². The van der Waals surface area contributed by atoms with E-state index in [-0.39, 0.29) is 19.1 Å². The van der Waals surface area contributed by atoms with Crippen molar-refractivity contribution in [3.8, 4) is 11.1 Å². The van der Waals surface area contributed by atoms with E-state index in [0.29, 0.717) is 4.88 Å². The van der Waals surface area contributed by atoms with Gasteiger partial charge >= 0.3 is 12.1 Å². The smallest absolute Gasteiger partial charge is 0.408 e. The minimum absolute atomic E-state index is 0.0302. The molecule has 2 N–H and O–H groups in total. The van der Waals surface area contributed by atoms with Gasteiger partial charge in [-0.25, -0.2) is 4.79 Å². The van der Waals surface area contributed by atoms with Crippen LogP contribution in [0.1, 0.15) is 34.9 Å². The topological polar surface area (TPSA) is 95.9 Å². The average Bonchev–Trinajstić information content (AvgIpc) is 3.47. The third-order valence-corrected chi connectivity index (χ3v) is 6.96. The summed E-state index contributed by atoms with van der Waals surface area (Å²) in [6.45, 7) is 1.70. The summed E-state index contributed by atoms with van der Waals surface area (Å²) in [7, 11) is 1.53. The molecular weight excluding hydrogens is 452 g/mol. The number of carbonyl (C=O) groups is 3. The number of hydrogen-bond donors (Lipinski definition) is 2. The number of carbonyl (C=O) groups excluding carboxylic acids is 2. The van der Waals surface area contributed by atoms with Gasteiger partial charge in [-0.05, 0) is 33.7 Å². The molecule has 0 aliphatic heterocycles. The lowest BCUT2D eigenvalue weighted by Gasteiger charge is -2.25. The number of thiophene rings is 1. The molecule has 0 radical (unpaired) electrons. The number of carboxylic acid groups (broad SMARTS) is 1. The molecule has 1 aliphatic rings. The number of likely N-dealkylation sites (N-methyl/N-ethyl adjacent to an activating group) is 1. The molecule has 0 spiro atoms. The molecule has 1 aromatic heterocycles. The second kappa shape index (κ2) is 10.1. The van der Waals surface area contributed by atoms with Crippen molar-refractivity contribution in [1.82, 2.24) is 10.2 Å². The first-order valence-corrected chi connectivity index (χ1v) is 11.9. The molecule has 1 aliphatic carbocycles. The zero-order valence-corrected chi connectivity index (χ0v) is 19.7. The predicted octanol–water partition coefficient (Wildman–Crippen LogP) is 4.51. The molecule has 0 bridgehead atoms. The van der Waals surface area contributed by atoms with Crippen LogP contribution in [0.15, 0.2) is 66.0 Å². The van der Waals surface area contributed by atoms with Gasteiger partial charge < -0.3 is 20.1 Å². The van der Waals surface area contributed by atoms with Crippen molar-refractivity contribution >= 4 is 29.3 Å². The number of nitrogens with one attached hydrogen (secondary N) is 1. The molecule has 0 saturated carbocycles. The Bertz CT molecular complexity index is 1150. The van der Waals surface area contributed by atoms with Crippen LogP contribution in [0.5, 0.6) is 0 Å². The Morgan fingerprint density at radius 3 is 2.21 bits per heavy atom. The average molecular weight is 479 g/mol. The largest absolute Gasteiger partial charge is 0.481 e. The highest BCUT2D eigenvalue weighted by Crippen LogP contribution is 2.44. The lowest BCUT2D eigenvalue weighted by Crippen LogP contribution is -2.43. The number of aliphatic carboxylic acids is 1. The first-order chi connectivity index (χ1) is 16.4. The Morgan fingerprint density at radius 1 is 1.03 bits per heavy atom. The molecule has 2 aromatic carbocycles. The van der Waals surface area contributed by atoms with Gasteiger partial charge in [-0.3, -0.25) is 9.59 Å². The first kappa shape index (κ1) is 23.5. The van der Waals surface area contributed by atoms with Crippen molar-refractivity contribution in [3.63, 3.8) is 0 Å². The Kier molecular flexibility index (Phi) is 6.98. The third-order valence-electron chi connectivity index (χ3n) is 6.03. The van der Waals surface area contributed by atoms with Crippen LogP contribution in [-0.4, -0.2) is 48.2 Å². The van der Waals surface area contributed by atoms with Crippen LogP contribution in [0.3, 0.4) is 0 Å². The van der Waals surface area contributed by atoms with Crippen LogP contribution in [-0.2, 0) is 14.3 Å². The van der Waals surface area contributed by atoms with Crippen molar-refractivity contribution < 1.29 is 24.2 Å². The lowest BCUT2D eigenvalue weighted by atomic mass is 9.98. The van der Waals surface area contributed by atoms with Gasteiger partial charge in [0.15, 0.2) is 0 Å². The van der Waals surface area contributed by atoms with E-state index in [1.165, 1.54) is 30.2 Å². The summed E-state index contributed by atoms with van der Waals surface area (Å²) < 4.78 is 5.61. The van der Waals surface area contributed by atoms with Crippen LogP contribution >= 0.6 is 11.3 Å². The van der Waals surface area contributed by atoms with Crippen LogP contribution in [0, 0.1) is 5.92 Å². The van der Waals surface area contributed by atoms with Gasteiger partial charge in [0, 0.05) is 24.4 Å². The van der Waals surface area contributed by atoms with E-state index in [1.54, 1.807) is 12.1 Å². The normalized spacial score (nSPS) is 13.9. The SMILES string of the molecule is CC(CN(C)C(=O)C(NC(=O)OCC1c2ccccc2-c2ccccc21)c1cccs1)C(=O)O. The highest BCUT2D eigenvalue weighted by Gasteiger charge is 2.31. The van der Waals surface area contributed by atoms with Crippen LogP contribution in [0.25, 0.3) is 11.1 Å². The van der Waals surface area contributed by atoms with E-state index in [1.807, 2.05) is 41.8 Å². The van der Waals surface area contributed by atoms with Gasteiger partial charge in [0.25, 0.3) is 5.91 Å². The number of nitrogens with zero attached hydrogens (tertiary/aromatic N) is 1. The zero-order chi connectivity index (χ0) is 24.2. The van der Waals surface area contributed by atoms with E-state index in [4.69, 9.17) is 9.84 Å². The summed E-state index contributed by atoms with van der Waals surface area (Å²) in [6, 6.07) is 18.7. The second-order valence-electron chi connectivity index (χ2n) is 8.38. The number of amides is 2. The molecule has 34 heavy (non-hydrogen) atoms. The van der Waals surface area contributed by atoms with Gasteiger partial charge in [-0.2, -0.15) is 0 Å². The maximum Gasteiger partial charge on any atom is 0.408 e. The molecule has 176 valence electrons. The standard InChI is InChI=1S/C26H26N2O5S/c1-16(25(30)31)14-28(2)24(29)23(22-12-7-13-34-22)27-26(32)33-15-21-19-10-5-3-8-17(19)18-9-4-6-11-20(18)21/h3-13,16,21,23H,14-15H2,1-2H3,(H,27,32)(H,30,31). The molecule has 7 nitrogen and oxygen atoms in total. The number of ether oxygens (including phenoxy) is 1. The molecule has 4 rings (SSSR count). The van der Waals surface area contributed by atoms with Crippen molar-refractivity contribution in [2.45, 2.75) is 18.9 Å². The summed E-state index contributed by atoms with van der Waals surface area (Å²) in [5.41, 5.74) is 4.47. The summed E-state index contributed by atoms with van der Waals surface area (Å²) >= 11 is 1.33. The highest BCUT2D eigenvalue weighted by molar-refractivity contribution is 7.10. The van der Waals surface area contributed by atoms with Gasteiger partial charge in [0.05, 0.1) is 5.92 Å². The van der Waals surface area contributed by atoms with Crippen LogP contribution in [0.2, 0.25) is 0 Å². The third kappa shape index (κ3) is 4.82. The molecule has 3 aromatic rings. The van der Waals surface area contributed by atoms with E-state index in [9.17, 15) is 14.4 Å². The molecule has 8 heteroatoms. The Labute approximate surface area is 202 Å². The van der Waals surface area contributed by atoms with Gasteiger partial charge in [-0.15, -0.1) is 11.3 Å². The summed E-state index contributed by atoms with van der Waals surface area (Å²) in [5.74, 6) is -2.21. The van der Waals surface area contributed by atoms with Crippen molar-refractivity contribution in [1.29, 1.82) is 0 Å². The quantitative estimate of drug-likeness (QED) is 0.497. The van der Waals surface area contributed by atoms with Crippen LogP contribution in [0.4, 0.5) is 4.79 Å². The summed E-state index contributed by atoms with van der Waals surface area (Å²) in [5, 5.41) is 13.7. The summed E-state index contributed by atoms with van der Waals surface area (Å²) in [6.07, 6.45) is -0.701. The Morgan fingerprint density at radius 2 is 1.65 bits per heavy atom. The van der Waals surface area contributed by atoms with E-state index in [2.05, 4.69) is 17.4 Å². The predicted molar refractivity (Wildman–Crippen MR) is 130 cm³/mol. The Hall–Kier alpha value is -3.65. The Balaban J connectivity index is 1.46. The second-order valence-corrected chi connectivity index (χ2v) is 9.36. The zero-order valence-electron chi connectivity index (χ0n) is 18.9. The number of fused-ring (bicyclic) bond motifs is 3. The van der Waals surface area contributed by atoms with E-state index < -0.39 is 29.9 Å². The van der Waals surface area contributed by atoms with Gasteiger partial charge in [0.2, 0.25) is 0 Å². The number of alkyl carbamates (subject to hydrolysis) is 1. The molecule has 1 heterocycles. The molecule has 2 amide bonds. The van der Waals surface area contributed by atoms with Crippen molar-refractivity contribution in [2.24, 2.45) is 5.92 Å². The molecule has 2 atom stereocenters. The number of hydrogen-bond acceptors (Lipinski definition) is 5. The highest BCUT2D eigenvalue weighted by atomic mass is 32.1. The van der Waals surface area contributed by atoms with Gasteiger partial charge in [0.1, 0.15) is 12.6 Å². The fourth-order valence-corrected chi connectivity index (χ4v) is 5.03. The molecule has 0 saturated heterocycles. The minimum Gasteiger partial charge on any atom is -0.481 e. The summed E-state index contributed by atoms with van der Waals surface area (Å²) in [4.78, 5) is 39.1.